The molecule has 1 saturated heterocycles. The molecule has 2 aliphatic heterocycles. The van der Waals surface area contributed by atoms with Crippen LogP contribution in [-0.2, 0) is 6.54 Å². The van der Waals surface area contributed by atoms with Crippen LogP contribution in [0, 0.1) is 11.3 Å². The number of nitrogens with zero attached hydrogens (tertiary/aromatic N) is 3. The minimum absolute atomic E-state index is 0.109. The third-order valence-corrected chi connectivity index (χ3v) is 4.77. The van der Waals surface area contributed by atoms with Crippen LogP contribution in [-0.4, -0.2) is 48.8 Å². The second-order valence-corrected chi connectivity index (χ2v) is 6.57. The average Bonchev–Trinajstić information content (AvgIpc) is 3.17. The van der Waals surface area contributed by atoms with Gasteiger partial charge >= 0.3 is 6.03 Å². The Morgan fingerprint density at radius 2 is 1.78 bits per heavy atom. The number of carbonyl (C=O) groups is 1. The van der Waals surface area contributed by atoms with Gasteiger partial charge in [0.1, 0.15) is 0 Å². The second kappa shape index (κ2) is 7.56. The van der Waals surface area contributed by atoms with Gasteiger partial charge in [0, 0.05) is 38.4 Å². The number of ether oxygens (including phenoxy) is 2. The van der Waals surface area contributed by atoms with E-state index in [1.54, 1.807) is 24.3 Å². The van der Waals surface area contributed by atoms with Crippen molar-refractivity contribution in [3.8, 4) is 17.6 Å². The van der Waals surface area contributed by atoms with Gasteiger partial charge in [-0.25, -0.2) is 4.79 Å². The third-order valence-electron chi connectivity index (χ3n) is 4.77. The molecule has 1 N–H and O–H groups in total. The molecule has 0 aliphatic carbocycles. The fourth-order valence-electron chi connectivity index (χ4n) is 3.24. The highest BCUT2D eigenvalue weighted by Gasteiger charge is 2.22. The molecular weight excluding hydrogens is 344 g/mol. The van der Waals surface area contributed by atoms with E-state index in [-0.39, 0.29) is 12.8 Å². The maximum absolute atomic E-state index is 12.4. The first-order valence-electron chi connectivity index (χ1n) is 8.88. The molecule has 1 fully saturated rings. The molecular formula is C20H20N4O3. The smallest absolute Gasteiger partial charge is 0.321 e. The number of piperazine rings is 1. The molecule has 4 rings (SSSR count). The predicted octanol–water partition coefficient (Wildman–Crippen LogP) is 2.64. The van der Waals surface area contributed by atoms with E-state index in [9.17, 15) is 4.79 Å². The third kappa shape index (κ3) is 3.96. The summed E-state index contributed by atoms with van der Waals surface area (Å²) in [7, 11) is 0. The highest BCUT2D eigenvalue weighted by atomic mass is 16.7. The SMILES string of the molecule is N#Cc1ccc(NC(=O)N2CCN(Cc3ccc4c(c3)OCO4)CC2)cc1. The summed E-state index contributed by atoms with van der Waals surface area (Å²) < 4.78 is 10.8. The van der Waals surface area contributed by atoms with E-state index < -0.39 is 0 Å². The summed E-state index contributed by atoms with van der Waals surface area (Å²) in [5.41, 5.74) is 2.45. The van der Waals surface area contributed by atoms with Crippen molar-refractivity contribution in [2.45, 2.75) is 6.54 Å². The highest BCUT2D eigenvalue weighted by molar-refractivity contribution is 5.89. The largest absolute Gasteiger partial charge is 0.454 e. The number of benzene rings is 2. The van der Waals surface area contributed by atoms with Gasteiger partial charge in [0.05, 0.1) is 11.6 Å². The minimum Gasteiger partial charge on any atom is -0.454 e. The Morgan fingerprint density at radius 3 is 2.52 bits per heavy atom. The number of hydrogen-bond acceptors (Lipinski definition) is 5. The summed E-state index contributed by atoms with van der Waals surface area (Å²) in [6.45, 7) is 4.08. The number of urea groups is 1. The van der Waals surface area contributed by atoms with E-state index >= 15 is 0 Å². The number of nitrogens with one attached hydrogen (secondary N) is 1. The molecule has 27 heavy (non-hydrogen) atoms. The van der Waals surface area contributed by atoms with Crippen molar-refractivity contribution in [2.75, 3.05) is 38.3 Å². The Hall–Kier alpha value is -3.24. The summed E-state index contributed by atoms with van der Waals surface area (Å²) in [5, 5.41) is 11.7. The van der Waals surface area contributed by atoms with Crippen LogP contribution in [0.2, 0.25) is 0 Å². The first-order valence-corrected chi connectivity index (χ1v) is 8.88. The lowest BCUT2D eigenvalue weighted by Gasteiger charge is -2.34. The van der Waals surface area contributed by atoms with Gasteiger partial charge in [-0.2, -0.15) is 5.26 Å². The van der Waals surface area contributed by atoms with Crippen LogP contribution in [0.3, 0.4) is 0 Å². The van der Waals surface area contributed by atoms with Gasteiger partial charge in [0.15, 0.2) is 11.5 Å². The van der Waals surface area contributed by atoms with Gasteiger partial charge in [-0.05, 0) is 42.0 Å². The zero-order valence-electron chi connectivity index (χ0n) is 14.9. The number of rotatable bonds is 3. The van der Waals surface area contributed by atoms with E-state index in [1.807, 2.05) is 17.0 Å². The lowest BCUT2D eigenvalue weighted by atomic mass is 10.1. The van der Waals surface area contributed by atoms with Crippen LogP contribution in [0.15, 0.2) is 42.5 Å². The van der Waals surface area contributed by atoms with Crippen molar-refractivity contribution in [3.63, 3.8) is 0 Å². The molecule has 0 bridgehead atoms. The molecule has 0 saturated carbocycles. The molecule has 2 aliphatic rings. The quantitative estimate of drug-likeness (QED) is 0.906. The highest BCUT2D eigenvalue weighted by Crippen LogP contribution is 2.32. The van der Waals surface area contributed by atoms with Gasteiger partial charge in [-0.1, -0.05) is 6.07 Å². The fraction of sp³-hybridized carbons (Fsp3) is 0.300. The molecule has 2 aromatic rings. The van der Waals surface area contributed by atoms with Gasteiger partial charge < -0.3 is 19.7 Å². The van der Waals surface area contributed by atoms with E-state index in [0.717, 1.165) is 31.1 Å². The Kier molecular flexibility index (Phi) is 4.81. The molecule has 7 nitrogen and oxygen atoms in total. The van der Waals surface area contributed by atoms with Gasteiger partial charge in [-0.15, -0.1) is 0 Å². The number of nitriles is 1. The van der Waals surface area contributed by atoms with E-state index in [0.29, 0.717) is 24.3 Å². The normalized spacial score (nSPS) is 16.0. The molecule has 0 aromatic heterocycles. The molecule has 7 heteroatoms. The molecule has 0 atom stereocenters. The van der Waals surface area contributed by atoms with E-state index in [1.165, 1.54) is 5.56 Å². The van der Waals surface area contributed by atoms with Crippen LogP contribution < -0.4 is 14.8 Å². The van der Waals surface area contributed by atoms with Crippen molar-refractivity contribution in [1.29, 1.82) is 5.26 Å². The monoisotopic (exact) mass is 364 g/mol. The zero-order valence-corrected chi connectivity index (χ0v) is 14.9. The van der Waals surface area contributed by atoms with Gasteiger partial charge in [-0.3, -0.25) is 4.90 Å². The van der Waals surface area contributed by atoms with Crippen molar-refractivity contribution < 1.29 is 14.3 Å². The first kappa shape index (κ1) is 17.2. The Bertz CT molecular complexity index is 868. The summed E-state index contributed by atoms with van der Waals surface area (Å²) in [6.07, 6.45) is 0. The summed E-state index contributed by atoms with van der Waals surface area (Å²) in [4.78, 5) is 16.6. The lowest BCUT2D eigenvalue weighted by Crippen LogP contribution is -2.49. The van der Waals surface area contributed by atoms with Crippen molar-refractivity contribution in [1.82, 2.24) is 9.80 Å². The summed E-state index contributed by atoms with van der Waals surface area (Å²) >= 11 is 0. The van der Waals surface area contributed by atoms with E-state index in [2.05, 4.69) is 22.4 Å². The Balaban J connectivity index is 1.28. The average molecular weight is 364 g/mol. The Morgan fingerprint density at radius 1 is 1.04 bits per heavy atom. The van der Waals surface area contributed by atoms with E-state index in [4.69, 9.17) is 14.7 Å². The number of carbonyl (C=O) groups excluding carboxylic acids is 1. The molecule has 2 heterocycles. The minimum atomic E-state index is -0.109. The number of hydrogen-bond donors (Lipinski definition) is 1. The predicted molar refractivity (Wildman–Crippen MR) is 99.6 cm³/mol. The van der Waals surface area contributed by atoms with Gasteiger partial charge in [0.25, 0.3) is 0 Å². The van der Waals surface area contributed by atoms with Crippen LogP contribution in [0.25, 0.3) is 0 Å². The van der Waals surface area contributed by atoms with Crippen LogP contribution in [0.1, 0.15) is 11.1 Å². The fourth-order valence-corrected chi connectivity index (χ4v) is 3.24. The zero-order chi connectivity index (χ0) is 18.6. The molecule has 138 valence electrons. The van der Waals surface area contributed by atoms with Crippen LogP contribution in [0.5, 0.6) is 11.5 Å². The number of anilines is 1. The standard InChI is InChI=1S/C20H20N4O3/c21-12-15-1-4-17(5-2-15)22-20(25)24-9-7-23(8-10-24)13-16-3-6-18-19(11-16)27-14-26-18/h1-6,11H,7-10,13-14H2,(H,22,25). The van der Waals surface area contributed by atoms with Crippen molar-refractivity contribution in [2.24, 2.45) is 0 Å². The maximum Gasteiger partial charge on any atom is 0.321 e. The maximum atomic E-state index is 12.4. The lowest BCUT2D eigenvalue weighted by molar-refractivity contribution is 0.143. The van der Waals surface area contributed by atoms with Crippen LogP contribution >= 0.6 is 0 Å². The number of fused-ring (bicyclic) bond motifs is 1. The first-order chi connectivity index (χ1) is 13.2. The molecule has 0 spiro atoms. The Labute approximate surface area is 157 Å². The molecule has 2 amide bonds. The molecule has 0 unspecified atom stereocenters. The van der Waals surface area contributed by atoms with Crippen molar-refractivity contribution in [3.05, 3.63) is 53.6 Å². The van der Waals surface area contributed by atoms with Crippen molar-refractivity contribution >= 4 is 11.7 Å². The van der Waals surface area contributed by atoms with Crippen LogP contribution in [0.4, 0.5) is 10.5 Å². The summed E-state index contributed by atoms with van der Waals surface area (Å²) in [5.74, 6) is 1.59. The topological polar surface area (TPSA) is 77.8 Å². The second-order valence-electron chi connectivity index (χ2n) is 6.57. The molecule has 2 aromatic carbocycles. The number of amides is 2. The summed E-state index contributed by atoms with van der Waals surface area (Å²) in [6, 6.07) is 14.8. The molecule has 0 radical (unpaired) electrons. The van der Waals surface area contributed by atoms with Gasteiger partial charge in [0.2, 0.25) is 6.79 Å².